The summed E-state index contributed by atoms with van der Waals surface area (Å²) in [5.74, 6) is -0.0797. The maximum Gasteiger partial charge on any atom is 0.243 e. The largest absolute Gasteiger partial charge is 0.326 e. The second-order valence-corrected chi connectivity index (χ2v) is 7.15. The maximum atomic E-state index is 13.8. The highest BCUT2D eigenvalue weighted by Gasteiger charge is 2.30. The Hall–Kier alpha value is -0.980. The molecular formula is C13H19FN2O2S. The maximum absolute atomic E-state index is 13.8. The first-order chi connectivity index (χ1) is 8.86. The minimum atomic E-state index is -3.64. The van der Waals surface area contributed by atoms with Crippen molar-refractivity contribution in [2.75, 3.05) is 13.6 Å². The van der Waals surface area contributed by atoms with E-state index in [1.807, 2.05) is 0 Å². The van der Waals surface area contributed by atoms with Crippen LogP contribution in [0, 0.1) is 18.7 Å². The van der Waals surface area contributed by atoms with Crippen molar-refractivity contribution in [3.8, 4) is 0 Å². The number of sulfonamides is 1. The third-order valence-electron chi connectivity index (χ3n) is 3.49. The first-order valence-electron chi connectivity index (χ1n) is 6.31. The van der Waals surface area contributed by atoms with Gasteiger partial charge in [-0.3, -0.25) is 0 Å². The number of nitrogens with zero attached hydrogens (tertiary/aromatic N) is 1. The van der Waals surface area contributed by atoms with E-state index in [4.69, 9.17) is 5.73 Å². The quantitative estimate of drug-likeness (QED) is 0.894. The Morgan fingerprint density at radius 3 is 2.58 bits per heavy atom. The zero-order valence-electron chi connectivity index (χ0n) is 11.2. The first-order valence-corrected chi connectivity index (χ1v) is 7.75. The Kier molecular flexibility index (Phi) is 3.94. The van der Waals surface area contributed by atoms with Gasteiger partial charge in [-0.05, 0) is 43.4 Å². The molecule has 0 spiro atoms. The Balaban J connectivity index is 2.40. The fraction of sp³-hybridized carbons (Fsp3) is 0.538. The third-order valence-corrected chi connectivity index (χ3v) is 5.44. The minimum Gasteiger partial charge on any atom is -0.326 e. The smallest absolute Gasteiger partial charge is 0.243 e. The van der Waals surface area contributed by atoms with Gasteiger partial charge in [0, 0.05) is 25.7 Å². The highest BCUT2D eigenvalue weighted by molar-refractivity contribution is 7.89. The fourth-order valence-corrected chi connectivity index (χ4v) is 3.55. The van der Waals surface area contributed by atoms with Gasteiger partial charge in [-0.1, -0.05) is 0 Å². The summed E-state index contributed by atoms with van der Waals surface area (Å²) >= 11 is 0. The van der Waals surface area contributed by atoms with Crippen LogP contribution in [0.5, 0.6) is 0 Å². The topological polar surface area (TPSA) is 63.4 Å². The van der Waals surface area contributed by atoms with E-state index in [0.717, 1.165) is 12.8 Å². The molecule has 0 saturated heterocycles. The Morgan fingerprint density at radius 2 is 2.05 bits per heavy atom. The lowest BCUT2D eigenvalue weighted by Gasteiger charge is -2.19. The first kappa shape index (κ1) is 14.4. The van der Waals surface area contributed by atoms with E-state index in [0.29, 0.717) is 18.0 Å². The molecule has 0 aromatic heterocycles. The summed E-state index contributed by atoms with van der Waals surface area (Å²) < 4.78 is 40.0. The van der Waals surface area contributed by atoms with E-state index in [1.165, 1.54) is 23.4 Å². The van der Waals surface area contributed by atoms with Gasteiger partial charge in [0.25, 0.3) is 0 Å². The number of rotatable bonds is 5. The SMILES string of the molecule is Cc1c(F)cc(CN)cc1S(=O)(=O)N(C)CC1CC1. The average molecular weight is 286 g/mol. The molecule has 0 atom stereocenters. The zero-order chi connectivity index (χ0) is 14.2. The minimum absolute atomic E-state index is 0.0242. The molecule has 0 amide bonds. The molecule has 0 unspecified atom stereocenters. The van der Waals surface area contributed by atoms with E-state index in [9.17, 15) is 12.8 Å². The van der Waals surface area contributed by atoms with Crippen molar-refractivity contribution in [3.05, 3.63) is 29.1 Å². The molecule has 0 bridgehead atoms. The van der Waals surface area contributed by atoms with Gasteiger partial charge in [-0.25, -0.2) is 17.1 Å². The van der Waals surface area contributed by atoms with Crippen LogP contribution in [0.3, 0.4) is 0 Å². The summed E-state index contributed by atoms with van der Waals surface area (Å²) in [6, 6.07) is 2.76. The number of nitrogens with two attached hydrogens (primary N) is 1. The lowest BCUT2D eigenvalue weighted by Crippen LogP contribution is -2.29. The molecule has 0 radical (unpaired) electrons. The summed E-state index contributed by atoms with van der Waals surface area (Å²) in [7, 11) is -2.10. The fourth-order valence-electron chi connectivity index (χ4n) is 2.02. The van der Waals surface area contributed by atoms with Gasteiger partial charge >= 0.3 is 0 Å². The summed E-state index contributed by atoms with van der Waals surface area (Å²) in [5, 5.41) is 0. The number of hydrogen-bond donors (Lipinski definition) is 1. The molecule has 0 heterocycles. The van der Waals surface area contributed by atoms with Crippen LogP contribution in [0.2, 0.25) is 0 Å². The van der Waals surface area contributed by atoms with Gasteiger partial charge in [0.05, 0.1) is 4.90 Å². The highest BCUT2D eigenvalue weighted by Crippen LogP contribution is 2.31. The van der Waals surface area contributed by atoms with Crippen molar-refractivity contribution in [1.29, 1.82) is 0 Å². The van der Waals surface area contributed by atoms with Crippen molar-refractivity contribution in [2.24, 2.45) is 11.7 Å². The Labute approximate surface area is 113 Å². The lowest BCUT2D eigenvalue weighted by molar-refractivity contribution is 0.451. The second kappa shape index (κ2) is 5.19. The van der Waals surface area contributed by atoms with E-state index in [2.05, 4.69) is 0 Å². The summed E-state index contributed by atoms with van der Waals surface area (Å²) in [4.78, 5) is 0.0242. The van der Waals surface area contributed by atoms with Crippen LogP contribution < -0.4 is 5.73 Å². The molecule has 1 aliphatic rings. The van der Waals surface area contributed by atoms with Gasteiger partial charge in [-0.2, -0.15) is 0 Å². The van der Waals surface area contributed by atoms with Crippen LogP contribution >= 0.6 is 0 Å². The van der Waals surface area contributed by atoms with Crippen LogP contribution in [0.4, 0.5) is 4.39 Å². The lowest BCUT2D eigenvalue weighted by atomic mass is 10.1. The van der Waals surface area contributed by atoms with Gasteiger partial charge in [0.1, 0.15) is 5.82 Å². The molecule has 0 aliphatic heterocycles. The van der Waals surface area contributed by atoms with E-state index in [-0.39, 0.29) is 17.0 Å². The van der Waals surface area contributed by atoms with Gasteiger partial charge in [0.15, 0.2) is 0 Å². The monoisotopic (exact) mass is 286 g/mol. The molecule has 1 aromatic rings. The van der Waals surface area contributed by atoms with Crippen molar-refractivity contribution in [2.45, 2.75) is 31.2 Å². The number of hydrogen-bond acceptors (Lipinski definition) is 3. The molecule has 1 aromatic carbocycles. The van der Waals surface area contributed by atoms with Crippen molar-refractivity contribution >= 4 is 10.0 Å². The molecular weight excluding hydrogens is 267 g/mol. The van der Waals surface area contributed by atoms with E-state index in [1.54, 1.807) is 7.05 Å². The Morgan fingerprint density at radius 1 is 1.42 bits per heavy atom. The van der Waals surface area contributed by atoms with Gasteiger partial charge < -0.3 is 5.73 Å². The summed E-state index contributed by atoms with van der Waals surface area (Å²) in [6.07, 6.45) is 2.13. The van der Waals surface area contributed by atoms with Crippen LogP contribution in [0.1, 0.15) is 24.0 Å². The van der Waals surface area contributed by atoms with E-state index >= 15 is 0 Å². The molecule has 1 aliphatic carbocycles. The summed E-state index contributed by atoms with van der Waals surface area (Å²) in [6.45, 7) is 2.09. The third kappa shape index (κ3) is 2.96. The normalized spacial score (nSPS) is 16.1. The molecule has 1 fully saturated rings. The predicted molar refractivity (Wildman–Crippen MR) is 71.6 cm³/mol. The number of halogens is 1. The average Bonchev–Trinajstić information content (AvgIpc) is 3.15. The number of benzene rings is 1. The molecule has 2 N–H and O–H groups in total. The molecule has 6 heteroatoms. The Bertz CT molecular complexity index is 583. The van der Waals surface area contributed by atoms with Crippen LogP contribution in [-0.2, 0) is 16.6 Å². The standard InChI is InChI=1S/C13H19FN2O2S/c1-9-12(14)5-11(7-15)6-13(9)19(17,18)16(2)8-10-3-4-10/h5-6,10H,3-4,7-8,15H2,1-2H3. The summed E-state index contributed by atoms with van der Waals surface area (Å²) in [5.41, 5.74) is 6.11. The van der Waals surface area contributed by atoms with Crippen LogP contribution in [-0.4, -0.2) is 26.3 Å². The molecule has 19 heavy (non-hydrogen) atoms. The van der Waals surface area contributed by atoms with Crippen molar-refractivity contribution in [3.63, 3.8) is 0 Å². The second-order valence-electron chi connectivity index (χ2n) is 5.13. The molecule has 2 rings (SSSR count). The van der Waals surface area contributed by atoms with Crippen LogP contribution in [0.25, 0.3) is 0 Å². The van der Waals surface area contributed by atoms with Crippen LogP contribution in [0.15, 0.2) is 17.0 Å². The highest BCUT2D eigenvalue weighted by atomic mass is 32.2. The zero-order valence-corrected chi connectivity index (χ0v) is 12.0. The predicted octanol–water partition coefficient (Wildman–Crippen LogP) is 1.62. The van der Waals surface area contributed by atoms with Crippen molar-refractivity contribution < 1.29 is 12.8 Å². The molecule has 1 saturated carbocycles. The molecule has 4 nitrogen and oxygen atoms in total. The van der Waals surface area contributed by atoms with Crippen molar-refractivity contribution in [1.82, 2.24) is 4.31 Å². The molecule has 106 valence electrons. The van der Waals surface area contributed by atoms with E-state index < -0.39 is 15.8 Å². The van der Waals surface area contributed by atoms with Gasteiger partial charge in [-0.15, -0.1) is 0 Å². The van der Waals surface area contributed by atoms with Gasteiger partial charge in [0.2, 0.25) is 10.0 Å².